The summed E-state index contributed by atoms with van der Waals surface area (Å²) in [5.74, 6) is 1.54. The molecule has 0 amide bonds. The Morgan fingerprint density at radius 1 is 1.24 bits per heavy atom. The third kappa shape index (κ3) is 6.34. The van der Waals surface area contributed by atoms with Gasteiger partial charge in [0, 0.05) is 19.1 Å². The van der Waals surface area contributed by atoms with Crippen LogP contribution in [0.1, 0.15) is 12.0 Å². The van der Waals surface area contributed by atoms with Gasteiger partial charge in [0.15, 0.2) is 9.84 Å². The van der Waals surface area contributed by atoms with E-state index in [1.54, 1.807) is 19.2 Å². The van der Waals surface area contributed by atoms with E-state index in [4.69, 9.17) is 21.1 Å². The molecule has 0 saturated carbocycles. The van der Waals surface area contributed by atoms with Gasteiger partial charge in [-0.15, -0.1) is 0 Å². The van der Waals surface area contributed by atoms with Crippen LogP contribution in [0.4, 0.5) is 0 Å². The Kier molecular flexibility index (Phi) is 7.40. The van der Waals surface area contributed by atoms with Gasteiger partial charge < -0.3 is 14.6 Å². The molecular weight excluding hydrogens is 414 g/mol. The minimum Gasteiger partial charge on any atom is -0.497 e. The molecular formula is C21H26ClNO5S. The van der Waals surface area contributed by atoms with Crippen molar-refractivity contribution in [3.63, 3.8) is 0 Å². The highest BCUT2D eigenvalue weighted by Crippen LogP contribution is 2.24. The summed E-state index contributed by atoms with van der Waals surface area (Å²) in [4.78, 5) is 2.01. The normalized spacial score (nSPS) is 19.2. The highest BCUT2D eigenvalue weighted by molar-refractivity contribution is 7.91. The van der Waals surface area contributed by atoms with E-state index in [0.29, 0.717) is 30.3 Å². The maximum Gasteiger partial charge on any atom is 0.151 e. The molecule has 1 heterocycles. The zero-order chi connectivity index (χ0) is 20.9. The van der Waals surface area contributed by atoms with Crippen molar-refractivity contribution in [3.05, 3.63) is 59.1 Å². The van der Waals surface area contributed by atoms with Crippen LogP contribution in [-0.4, -0.2) is 62.3 Å². The Hall–Kier alpha value is -1.80. The molecule has 1 fully saturated rings. The fraction of sp³-hybridized carbons (Fsp3) is 0.429. The molecule has 1 aliphatic heterocycles. The second kappa shape index (κ2) is 9.80. The van der Waals surface area contributed by atoms with Crippen molar-refractivity contribution in [1.29, 1.82) is 0 Å². The molecule has 0 aliphatic carbocycles. The molecule has 3 rings (SSSR count). The second-order valence-corrected chi connectivity index (χ2v) is 9.87. The Morgan fingerprint density at radius 2 is 2.03 bits per heavy atom. The predicted molar refractivity (Wildman–Crippen MR) is 113 cm³/mol. The van der Waals surface area contributed by atoms with E-state index in [2.05, 4.69) is 0 Å². The third-order valence-corrected chi connectivity index (χ3v) is 7.02. The number of nitrogens with zero attached hydrogens (tertiary/aromatic N) is 1. The minimum atomic E-state index is -3.04. The van der Waals surface area contributed by atoms with Crippen LogP contribution in [-0.2, 0) is 16.4 Å². The summed E-state index contributed by atoms with van der Waals surface area (Å²) in [6, 6.07) is 14.6. The van der Waals surface area contributed by atoms with Crippen LogP contribution in [0, 0.1) is 0 Å². The third-order valence-electron chi connectivity index (χ3n) is 4.96. The second-order valence-electron chi connectivity index (χ2n) is 7.23. The molecule has 0 aromatic heterocycles. The number of ether oxygens (including phenoxy) is 2. The maximum atomic E-state index is 12.0. The monoisotopic (exact) mass is 439 g/mol. The van der Waals surface area contributed by atoms with Crippen molar-refractivity contribution in [2.24, 2.45) is 0 Å². The highest BCUT2D eigenvalue weighted by atomic mass is 35.5. The molecule has 2 unspecified atom stereocenters. The SMILES string of the molecule is COc1cccc(CN(CC(O)COc2ccccc2Cl)C2CCS(=O)(=O)C2)c1. The van der Waals surface area contributed by atoms with Crippen molar-refractivity contribution < 1.29 is 23.0 Å². The fourth-order valence-electron chi connectivity index (χ4n) is 3.48. The van der Waals surface area contributed by atoms with Gasteiger partial charge in [-0.25, -0.2) is 8.42 Å². The first-order valence-corrected chi connectivity index (χ1v) is 11.7. The van der Waals surface area contributed by atoms with Gasteiger partial charge >= 0.3 is 0 Å². The van der Waals surface area contributed by atoms with E-state index >= 15 is 0 Å². The first-order valence-electron chi connectivity index (χ1n) is 9.49. The Morgan fingerprint density at radius 3 is 2.72 bits per heavy atom. The Balaban J connectivity index is 1.68. The van der Waals surface area contributed by atoms with Gasteiger partial charge in [0.05, 0.1) is 23.6 Å². The number of sulfone groups is 1. The molecule has 0 radical (unpaired) electrons. The van der Waals surface area contributed by atoms with Crippen molar-refractivity contribution in [3.8, 4) is 11.5 Å². The summed E-state index contributed by atoms with van der Waals surface area (Å²) in [6.07, 6.45) is -0.232. The van der Waals surface area contributed by atoms with Gasteiger partial charge in [-0.1, -0.05) is 35.9 Å². The molecule has 1 N–H and O–H groups in total. The van der Waals surface area contributed by atoms with Crippen molar-refractivity contribution >= 4 is 21.4 Å². The largest absolute Gasteiger partial charge is 0.497 e. The Bertz CT molecular complexity index is 921. The smallest absolute Gasteiger partial charge is 0.151 e. The number of benzene rings is 2. The number of methoxy groups -OCH3 is 1. The van der Waals surface area contributed by atoms with E-state index in [9.17, 15) is 13.5 Å². The molecule has 8 heteroatoms. The van der Waals surface area contributed by atoms with Crippen LogP contribution in [0.3, 0.4) is 0 Å². The fourth-order valence-corrected chi connectivity index (χ4v) is 5.43. The van der Waals surface area contributed by atoms with Crippen LogP contribution in [0.5, 0.6) is 11.5 Å². The van der Waals surface area contributed by atoms with Crippen LogP contribution < -0.4 is 9.47 Å². The van der Waals surface area contributed by atoms with Crippen molar-refractivity contribution in [2.75, 3.05) is 31.8 Å². The molecule has 0 spiro atoms. The molecule has 6 nitrogen and oxygen atoms in total. The summed E-state index contributed by atoms with van der Waals surface area (Å²) in [6.45, 7) is 0.875. The van der Waals surface area contributed by atoms with Gasteiger partial charge in [0.25, 0.3) is 0 Å². The zero-order valence-corrected chi connectivity index (χ0v) is 17.9. The van der Waals surface area contributed by atoms with Gasteiger partial charge in [0.2, 0.25) is 0 Å². The van der Waals surface area contributed by atoms with E-state index in [0.717, 1.165) is 11.3 Å². The summed E-state index contributed by atoms with van der Waals surface area (Å²) in [7, 11) is -1.43. The quantitative estimate of drug-likeness (QED) is 0.647. The average molecular weight is 440 g/mol. The number of aliphatic hydroxyl groups excluding tert-OH is 1. The molecule has 29 heavy (non-hydrogen) atoms. The van der Waals surface area contributed by atoms with Gasteiger partial charge in [-0.3, -0.25) is 4.90 Å². The molecule has 2 aromatic carbocycles. The molecule has 1 saturated heterocycles. The summed E-state index contributed by atoms with van der Waals surface area (Å²) in [5, 5.41) is 11.0. The molecule has 0 bridgehead atoms. The van der Waals surface area contributed by atoms with E-state index in [-0.39, 0.29) is 24.2 Å². The number of aliphatic hydroxyl groups is 1. The van der Waals surface area contributed by atoms with Crippen molar-refractivity contribution in [2.45, 2.75) is 25.1 Å². The maximum absolute atomic E-state index is 12.0. The lowest BCUT2D eigenvalue weighted by molar-refractivity contribution is 0.0525. The first-order chi connectivity index (χ1) is 13.9. The lowest BCUT2D eigenvalue weighted by Crippen LogP contribution is -2.42. The lowest BCUT2D eigenvalue weighted by Gasteiger charge is -2.30. The van der Waals surface area contributed by atoms with E-state index in [1.807, 2.05) is 41.3 Å². The van der Waals surface area contributed by atoms with E-state index < -0.39 is 15.9 Å². The zero-order valence-electron chi connectivity index (χ0n) is 16.3. The number of halogens is 1. The van der Waals surface area contributed by atoms with Crippen LogP contribution in [0.25, 0.3) is 0 Å². The van der Waals surface area contributed by atoms with Gasteiger partial charge in [0.1, 0.15) is 24.2 Å². The van der Waals surface area contributed by atoms with Gasteiger partial charge in [-0.05, 0) is 36.2 Å². The number of para-hydroxylation sites is 1. The molecule has 158 valence electrons. The summed E-state index contributed by atoms with van der Waals surface area (Å²) < 4.78 is 34.9. The number of hydrogen-bond donors (Lipinski definition) is 1. The van der Waals surface area contributed by atoms with Crippen LogP contribution in [0.15, 0.2) is 48.5 Å². The standard InChI is InChI=1S/C21H26ClNO5S/c1-27-19-6-4-5-16(11-19)12-23(17-9-10-29(25,26)15-17)13-18(24)14-28-21-8-3-2-7-20(21)22/h2-8,11,17-18,24H,9-10,12-15H2,1H3. The van der Waals surface area contributed by atoms with E-state index in [1.165, 1.54) is 0 Å². The predicted octanol–water partition coefficient (Wildman–Crippen LogP) is 2.78. The average Bonchev–Trinajstić information content (AvgIpc) is 3.07. The Labute approximate surface area is 176 Å². The minimum absolute atomic E-state index is 0.0673. The topological polar surface area (TPSA) is 76.1 Å². The van der Waals surface area contributed by atoms with Crippen LogP contribution >= 0.6 is 11.6 Å². The van der Waals surface area contributed by atoms with Crippen LogP contribution in [0.2, 0.25) is 5.02 Å². The molecule has 2 atom stereocenters. The lowest BCUT2D eigenvalue weighted by atomic mass is 10.1. The first kappa shape index (κ1) is 21.9. The molecule has 1 aliphatic rings. The highest BCUT2D eigenvalue weighted by Gasteiger charge is 2.33. The van der Waals surface area contributed by atoms with Gasteiger partial charge in [-0.2, -0.15) is 0 Å². The number of rotatable bonds is 9. The summed E-state index contributed by atoms with van der Waals surface area (Å²) >= 11 is 6.09. The summed E-state index contributed by atoms with van der Waals surface area (Å²) in [5.41, 5.74) is 0.993. The number of hydrogen-bond acceptors (Lipinski definition) is 6. The van der Waals surface area contributed by atoms with Crippen molar-refractivity contribution in [1.82, 2.24) is 4.90 Å². The molecule has 2 aromatic rings.